The van der Waals surface area contributed by atoms with Crippen LogP contribution in [0.3, 0.4) is 0 Å². The van der Waals surface area contributed by atoms with E-state index in [4.69, 9.17) is 0 Å². The molecule has 0 fully saturated rings. The predicted octanol–water partition coefficient (Wildman–Crippen LogP) is 1.56. The van der Waals surface area contributed by atoms with Crippen LogP contribution in [0.1, 0.15) is 18.5 Å². The van der Waals surface area contributed by atoms with E-state index in [1.54, 1.807) is 38.5 Å². The lowest BCUT2D eigenvalue weighted by atomic mass is 10.2. The normalized spacial score (nSPS) is 12.9. The SMILES string of the molecule is CNc1ccncc1S(=O)(=O)NC(C)c1cccnc1. The van der Waals surface area contributed by atoms with Crippen LogP contribution in [0.4, 0.5) is 5.69 Å². The van der Waals surface area contributed by atoms with Crippen molar-refractivity contribution in [1.82, 2.24) is 14.7 Å². The summed E-state index contributed by atoms with van der Waals surface area (Å²) in [5, 5.41) is 2.84. The van der Waals surface area contributed by atoms with E-state index in [2.05, 4.69) is 20.0 Å². The largest absolute Gasteiger partial charge is 0.387 e. The molecule has 0 amide bonds. The molecule has 0 radical (unpaired) electrons. The highest BCUT2D eigenvalue weighted by Crippen LogP contribution is 2.21. The van der Waals surface area contributed by atoms with Gasteiger partial charge in [0, 0.05) is 37.9 Å². The summed E-state index contributed by atoms with van der Waals surface area (Å²) in [6.45, 7) is 1.77. The van der Waals surface area contributed by atoms with Crippen LogP contribution in [0.25, 0.3) is 0 Å². The van der Waals surface area contributed by atoms with Crippen molar-refractivity contribution in [2.24, 2.45) is 0 Å². The van der Waals surface area contributed by atoms with Crippen molar-refractivity contribution in [2.45, 2.75) is 17.9 Å². The molecule has 2 aromatic rings. The highest BCUT2D eigenvalue weighted by atomic mass is 32.2. The van der Waals surface area contributed by atoms with Crippen LogP contribution in [0.5, 0.6) is 0 Å². The summed E-state index contributed by atoms with van der Waals surface area (Å²) in [6, 6.07) is 4.83. The molecule has 1 atom stereocenters. The van der Waals surface area contributed by atoms with Crippen molar-refractivity contribution < 1.29 is 8.42 Å². The Bertz CT molecular complexity index is 674. The maximum absolute atomic E-state index is 12.4. The number of aromatic nitrogens is 2. The van der Waals surface area contributed by atoms with Gasteiger partial charge in [-0.1, -0.05) is 6.07 Å². The minimum absolute atomic E-state index is 0.123. The van der Waals surface area contributed by atoms with Gasteiger partial charge in [0.25, 0.3) is 0 Å². The number of sulfonamides is 1. The molecule has 1 unspecified atom stereocenters. The van der Waals surface area contributed by atoms with Crippen LogP contribution in [0, 0.1) is 0 Å². The third-order valence-corrected chi connectivity index (χ3v) is 4.43. The van der Waals surface area contributed by atoms with Crippen molar-refractivity contribution in [2.75, 3.05) is 12.4 Å². The van der Waals surface area contributed by atoms with E-state index in [1.807, 2.05) is 6.07 Å². The van der Waals surface area contributed by atoms with Crippen LogP contribution in [-0.4, -0.2) is 25.4 Å². The van der Waals surface area contributed by atoms with Crippen LogP contribution in [0.15, 0.2) is 47.9 Å². The number of rotatable bonds is 5. The average Bonchev–Trinajstić information content (AvgIpc) is 2.47. The van der Waals surface area contributed by atoms with Gasteiger partial charge in [0.15, 0.2) is 0 Å². The van der Waals surface area contributed by atoms with Crippen LogP contribution in [-0.2, 0) is 10.0 Å². The zero-order valence-corrected chi connectivity index (χ0v) is 12.1. The fourth-order valence-electron chi connectivity index (χ4n) is 1.80. The standard InChI is InChI=1S/C13H16N4O2S/c1-10(11-4-3-6-15-8-11)17-20(18,19)13-9-16-7-5-12(13)14-2/h3-10,17H,1-2H3,(H,14,16). The fraction of sp³-hybridized carbons (Fsp3) is 0.231. The van der Waals surface area contributed by atoms with Gasteiger partial charge in [-0.2, -0.15) is 0 Å². The third kappa shape index (κ3) is 3.12. The molecular formula is C13H16N4O2S. The van der Waals surface area contributed by atoms with E-state index in [0.717, 1.165) is 5.56 Å². The van der Waals surface area contributed by atoms with E-state index >= 15 is 0 Å². The van der Waals surface area contributed by atoms with Gasteiger partial charge in [-0.05, 0) is 24.6 Å². The Morgan fingerprint density at radius 3 is 2.55 bits per heavy atom. The molecule has 2 N–H and O–H groups in total. The topological polar surface area (TPSA) is 84.0 Å². The minimum atomic E-state index is -3.65. The van der Waals surface area contributed by atoms with Crippen molar-refractivity contribution in [1.29, 1.82) is 0 Å². The van der Waals surface area contributed by atoms with E-state index < -0.39 is 10.0 Å². The zero-order valence-electron chi connectivity index (χ0n) is 11.2. The summed E-state index contributed by atoms with van der Waals surface area (Å²) in [6.07, 6.45) is 6.14. The molecule has 106 valence electrons. The molecule has 0 aromatic carbocycles. The summed E-state index contributed by atoms with van der Waals surface area (Å²) in [5.41, 5.74) is 1.30. The molecule has 2 rings (SSSR count). The maximum Gasteiger partial charge on any atom is 0.244 e. The Morgan fingerprint density at radius 2 is 1.90 bits per heavy atom. The lowest BCUT2D eigenvalue weighted by Crippen LogP contribution is -2.27. The second-order valence-corrected chi connectivity index (χ2v) is 5.93. The monoisotopic (exact) mass is 292 g/mol. The summed E-state index contributed by atoms with van der Waals surface area (Å²) in [7, 11) is -1.99. The third-order valence-electron chi connectivity index (χ3n) is 2.86. The van der Waals surface area contributed by atoms with Crippen LogP contribution >= 0.6 is 0 Å². The smallest absolute Gasteiger partial charge is 0.244 e. The molecule has 0 bridgehead atoms. The number of nitrogens with one attached hydrogen (secondary N) is 2. The molecular weight excluding hydrogens is 276 g/mol. The Hall–Kier alpha value is -1.99. The van der Waals surface area contributed by atoms with Gasteiger partial charge in [-0.25, -0.2) is 13.1 Å². The van der Waals surface area contributed by atoms with Gasteiger partial charge in [0.05, 0.1) is 5.69 Å². The van der Waals surface area contributed by atoms with Crippen molar-refractivity contribution in [3.8, 4) is 0 Å². The predicted molar refractivity (Wildman–Crippen MR) is 76.8 cm³/mol. The van der Waals surface area contributed by atoms with Crippen molar-refractivity contribution in [3.63, 3.8) is 0 Å². The van der Waals surface area contributed by atoms with Crippen LogP contribution in [0.2, 0.25) is 0 Å². The first-order valence-corrected chi connectivity index (χ1v) is 7.57. The number of pyridine rings is 2. The molecule has 6 nitrogen and oxygen atoms in total. The molecule has 0 saturated heterocycles. The minimum Gasteiger partial charge on any atom is -0.387 e. The lowest BCUT2D eigenvalue weighted by Gasteiger charge is -2.15. The summed E-state index contributed by atoms with van der Waals surface area (Å²) < 4.78 is 27.4. The van der Waals surface area contributed by atoms with Gasteiger partial charge < -0.3 is 5.32 Å². The summed E-state index contributed by atoms with van der Waals surface area (Å²) in [5.74, 6) is 0. The second-order valence-electron chi connectivity index (χ2n) is 4.25. The van der Waals surface area contributed by atoms with Gasteiger partial charge >= 0.3 is 0 Å². The molecule has 0 aliphatic rings. The van der Waals surface area contributed by atoms with Gasteiger partial charge in [-0.3, -0.25) is 9.97 Å². The summed E-state index contributed by atoms with van der Waals surface area (Å²) in [4.78, 5) is 7.97. The fourth-order valence-corrected chi connectivity index (χ4v) is 3.18. The average molecular weight is 292 g/mol. The number of hydrogen-bond acceptors (Lipinski definition) is 5. The van der Waals surface area contributed by atoms with Crippen LogP contribution < -0.4 is 10.0 Å². The van der Waals surface area contributed by atoms with E-state index in [-0.39, 0.29) is 10.9 Å². The lowest BCUT2D eigenvalue weighted by molar-refractivity contribution is 0.566. The molecule has 7 heteroatoms. The summed E-state index contributed by atoms with van der Waals surface area (Å²) >= 11 is 0. The molecule has 20 heavy (non-hydrogen) atoms. The van der Waals surface area contributed by atoms with Gasteiger partial charge in [0.1, 0.15) is 4.90 Å². The first kappa shape index (κ1) is 14.4. The second kappa shape index (κ2) is 5.98. The maximum atomic E-state index is 12.4. The first-order valence-electron chi connectivity index (χ1n) is 6.08. The van der Waals surface area contributed by atoms with E-state index in [9.17, 15) is 8.42 Å². The Kier molecular flexibility index (Phi) is 4.31. The highest BCUT2D eigenvalue weighted by molar-refractivity contribution is 7.89. The quantitative estimate of drug-likeness (QED) is 0.873. The first-order chi connectivity index (χ1) is 9.54. The number of hydrogen-bond donors (Lipinski definition) is 2. The van der Waals surface area contributed by atoms with Gasteiger partial charge in [0.2, 0.25) is 10.0 Å². The highest BCUT2D eigenvalue weighted by Gasteiger charge is 2.21. The molecule has 0 aliphatic carbocycles. The van der Waals surface area contributed by atoms with Crippen molar-refractivity contribution >= 4 is 15.7 Å². The Labute approximate surface area is 118 Å². The molecule has 0 saturated carbocycles. The number of nitrogens with zero attached hydrogens (tertiary/aromatic N) is 2. The number of anilines is 1. The molecule has 0 spiro atoms. The Morgan fingerprint density at radius 1 is 1.15 bits per heavy atom. The van der Waals surface area contributed by atoms with Crippen molar-refractivity contribution in [3.05, 3.63) is 48.5 Å². The Balaban J connectivity index is 2.28. The zero-order chi connectivity index (χ0) is 14.6. The molecule has 0 aliphatic heterocycles. The van der Waals surface area contributed by atoms with E-state index in [1.165, 1.54) is 12.4 Å². The van der Waals surface area contributed by atoms with E-state index in [0.29, 0.717) is 5.69 Å². The molecule has 2 heterocycles. The van der Waals surface area contributed by atoms with Gasteiger partial charge in [-0.15, -0.1) is 0 Å². The molecule has 2 aromatic heterocycles.